The molecule has 0 aliphatic carbocycles. The molecule has 0 fully saturated rings. The SMILES string of the molecule is C=CN=C(C)N=CC. The molecule has 0 bridgehead atoms. The Hall–Kier alpha value is -0.920. The Bertz CT molecular complexity index is 122. The number of rotatable bonds is 1. The quantitative estimate of drug-likeness (QED) is 0.362. The standard InChI is InChI=1S/C6H10N2/c1-4-7-6(3)8-5-2/h4-5H,1H2,2-3H3. The van der Waals surface area contributed by atoms with Crippen LogP contribution in [-0.4, -0.2) is 12.1 Å². The highest BCUT2D eigenvalue weighted by Gasteiger charge is 1.74. The van der Waals surface area contributed by atoms with E-state index in [1.165, 1.54) is 6.20 Å². The monoisotopic (exact) mass is 110 g/mol. The van der Waals surface area contributed by atoms with Gasteiger partial charge in [0.25, 0.3) is 0 Å². The van der Waals surface area contributed by atoms with E-state index in [1.807, 2.05) is 13.8 Å². The van der Waals surface area contributed by atoms with Crippen LogP contribution in [0.5, 0.6) is 0 Å². The van der Waals surface area contributed by atoms with Gasteiger partial charge in [0.2, 0.25) is 0 Å². The van der Waals surface area contributed by atoms with Gasteiger partial charge in [0.1, 0.15) is 5.84 Å². The highest BCUT2D eigenvalue weighted by atomic mass is 14.9. The first-order chi connectivity index (χ1) is 3.81. The van der Waals surface area contributed by atoms with Gasteiger partial charge in [0.15, 0.2) is 0 Å². The summed E-state index contributed by atoms with van der Waals surface area (Å²) in [4.78, 5) is 7.66. The van der Waals surface area contributed by atoms with Crippen molar-refractivity contribution in [2.75, 3.05) is 0 Å². The molecule has 0 spiro atoms. The number of nitrogens with zero attached hydrogens (tertiary/aromatic N) is 2. The van der Waals surface area contributed by atoms with E-state index in [1.54, 1.807) is 6.21 Å². The maximum atomic E-state index is 3.87. The topological polar surface area (TPSA) is 24.7 Å². The molecule has 0 aliphatic rings. The molecular weight excluding hydrogens is 100 g/mol. The van der Waals surface area contributed by atoms with Crippen LogP contribution in [-0.2, 0) is 0 Å². The fraction of sp³-hybridized carbons (Fsp3) is 0.333. The summed E-state index contributed by atoms with van der Waals surface area (Å²) in [6, 6.07) is 0. The molecule has 0 aromatic carbocycles. The van der Waals surface area contributed by atoms with Crippen molar-refractivity contribution in [3.63, 3.8) is 0 Å². The van der Waals surface area contributed by atoms with Crippen LogP contribution in [0.15, 0.2) is 22.8 Å². The summed E-state index contributed by atoms with van der Waals surface area (Å²) in [5.74, 6) is 0.738. The van der Waals surface area contributed by atoms with Crippen molar-refractivity contribution in [3.05, 3.63) is 12.8 Å². The molecule has 0 saturated carbocycles. The van der Waals surface area contributed by atoms with Crippen LogP contribution in [0, 0.1) is 0 Å². The van der Waals surface area contributed by atoms with E-state index in [2.05, 4.69) is 16.6 Å². The minimum atomic E-state index is 0.738. The van der Waals surface area contributed by atoms with E-state index in [9.17, 15) is 0 Å². The van der Waals surface area contributed by atoms with Crippen molar-refractivity contribution in [1.82, 2.24) is 0 Å². The lowest BCUT2D eigenvalue weighted by molar-refractivity contribution is 1.47. The first-order valence-corrected chi connectivity index (χ1v) is 2.45. The first-order valence-electron chi connectivity index (χ1n) is 2.45. The molecule has 0 unspecified atom stereocenters. The van der Waals surface area contributed by atoms with Crippen LogP contribution < -0.4 is 0 Å². The van der Waals surface area contributed by atoms with E-state index in [0.29, 0.717) is 0 Å². The summed E-state index contributed by atoms with van der Waals surface area (Å²) in [6.07, 6.45) is 3.17. The van der Waals surface area contributed by atoms with Crippen LogP contribution in [0.4, 0.5) is 0 Å². The zero-order chi connectivity index (χ0) is 6.41. The summed E-state index contributed by atoms with van der Waals surface area (Å²) in [7, 11) is 0. The summed E-state index contributed by atoms with van der Waals surface area (Å²) in [5, 5.41) is 0. The van der Waals surface area contributed by atoms with E-state index in [4.69, 9.17) is 0 Å². The predicted octanol–water partition coefficient (Wildman–Crippen LogP) is 1.64. The molecule has 0 aromatic rings. The molecule has 0 rings (SSSR count). The van der Waals surface area contributed by atoms with Crippen molar-refractivity contribution in [3.8, 4) is 0 Å². The van der Waals surface area contributed by atoms with Crippen molar-refractivity contribution in [2.45, 2.75) is 13.8 Å². The minimum Gasteiger partial charge on any atom is -0.246 e. The Morgan fingerprint density at radius 2 is 2.25 bits per heavy atom. The molecule has 8 heavy (non-hydrogen) atoms. The minimum absolute atomic E-state index is 0.738. The van der Waals surface area contributed by atoms with Crippen molar-refractivity contribution in [2.24, 2.45) is 9.98 Å². The van der Waals surface area contributed by atoms with Crippen LogP contribution in [0.2, 0.25) is 0 Å². The summed E-state index contributed by atoms with van der Waals surface area (Å²) < 4.78 is 0. The van der Waals surface area contributed by atoms with E-state index in [-0.39, 0.29) is 0 Å². The van der Waals surface area contributed by atoms with Gasteiger partial charge in [0, 0.05) is 12.4 Å². The molecule has 44 valence electrons. The van der Waals surface area contributed by atoms with Gasteiger partial charge in [-0.2, -0.15) is 0 Å². The molecule has 0 saturated heterocycles. The van der Waals surface area contributed by atoms with Gasteiger partial charge in [-0.1, -0.05) is 6.58 Å². The number of hydrogen-bond donors (Lipinski definition) is 0. The Kier molecular flexibility index (Phi) is 3.76. The van der Waals surface area contributed by atoms with Gasteiger partial charge in [-0.25, -0.2) is 9.98 Å². The van der Waals surface area contributed by atoms with Crippen molar-refractivity contribution in [1.29, 1.82) is 0 Å². The van der Waals surface area contributed by atoms with E-state index in [0.717, 1.165) is 5.84 Å². The normalized spacial score (nSPS) is 12.5. The number of hydrogen-bond acceptors (Lipinski definition) is 1. The first kappa shape index (κ1) is 7.08. The second kappa shape index (κ2) is 4.24. The molecule has 2 nitrogen and oxygen atoms in total. The summed E-state index contributed by atoms with van der Waals surface area (Å²) in [6.45, 7) is 7.09. The van der Waals surface area contributed by atoms with E-state index >= 15 is 0 Å². The highest BCUT2D eigenvalue weighted by molar-refractivity contribution is 5.87. The molecule has 0 aliphatic heterocycles. The van der Waals surface area contributed by atoms with Gasteiger partial charge in [0.05, 0.1) is 0 Å². The van der Waals surface area contributed by atoms with Crippen molar-refractivity contribution < 1.29 is 0 Å². The second-order valence-corrected chi connectivity index (χ2v) is 1.25. The van der Waals surface area contributed by atoms with E-state index < -0.39 is 0 Å². The zero-order valence-corrected chi connectivity index (χ0v) is 5.26. The molecule has 0 aromatic heterocycles. The predicted molar refractivity (Wildman–Crippen MR) is 37.5 cm³/mol. The fourth-order valence-corrected chi connectivity index (χ4v) is 0.352. The van der Waals surface area contributed by atoms with Crippen LogP contribution in [0.3, 0.4) is 0 Å². The van der Waals surface area contributed by atoms with Gasteiger partial charge >= 0.3 is 0 Å². The molecule has 0 N–H and O–H groups in total. The maximum absolute atomic E-state index is 3.87. The van der Waals surface area contributed by atoms with Crippen molar-refractivity contribution >= 4 is 12.1 Å². The average Bonchev–Trinajstić information content (AvgIpc) is 1.68. The third-order valence-electron chi connectivity index (χ3n) is 0.594. The lowest BCUT2D eigenvalue weighted by Gasteiger charge is -1.82. The molecule has 0 radical (unpaired) electrons. The van der Waals surface area contributed by atoms with Gasteiger partial charge in [-0.05, 0) is 13.8 Å². The van der Waals surface area contributed by atoms with Crippen LogP contribution >= 0.6 is 0 Å². The molecule has 0 amide bonds. The van der Waals surface area contributed by atoms with Crippen LogP contribution in [0.1, 0.15) is 13.8 Å². The Morgan fingerprint density at radius 1 is 1.62 bits per heavy atom. The summed E-state index contributed by atoms with van der Waals surface area (Å²) >= 11 is 0. The molecule has 0 atom stereocenters. The molecular formula is C6H10N2. The largest absolute Gasteiger partial charge is 0.246 e. The highest BCUT2D eigenvalue weighted by Crippen LogP contribution is 1.77. The second-order valence-electron chi connectivity index (χ2n) is 1.25. The average molecular weight is 110 g/mol. The zero-order valence-electron chi connectivity index (χ0n) is 5.26. The number of amidine groups is 1. The Labute approximate surface area is 49.7 Å². The smallest absolute Gasteiger partial charge is 0.124 e. The Morgan fingerprint density at radius 3 is 2.62 bits per heavy atom. The van der Waals surface area contributed by atoms with Gasteiger partial charge < -0.3 is 0 Å². The van der Waals surface area contributed by atoms with Crippen LogP contribution in [0.25, 0.3) is 0 Å². The third-order valence-corrected chi connectivity index (χ3v) is 0.594. The summed E-state index contributed by atoms with van der Waals surface area (Å²) in [5.41, 5.74) is 0. The Balaban J connectivity index is 3.79. The third kappa shape index (κ3) is 3.28. The van der Waals surface area contributed by atoms with Gasteiger partial charge in [-0.15, -0.1) is 0 Å². The number of aliphatic imine (C=N–C) groups is 2. The fourth-order valence-electron chi connectivity index (χ4n) is 0.352. The lowest BCUT2D eigenvalue weighted by Crippen LogP contribution is -1.81. The molecule has 2 heteroatoms. The lowest BCUT2D eigenvalue weighted by atomic mass is 10.7. The van der Waals surface area contributed by atoms with Gasteiger partial charge in [-0.3, -0.25) is 0 Å². The maximum Gasteiger partial charge on any atom is 0.124 e. The molecule has 0 heterocycles.